The van der Waals surface area contributed by atoms with Crippen LogP contribution < -0.4 is 0 Å². The maximum Gasteiger partial charge on any atom is 0.255 e. The topological polar surface area (TPSA) is 20.3 Å². The highest BCUT2D eigenvalue weighted by molar-refractivity contribution is 9.10. The van der Waals surface area contributed by atoms with Crippen molar-refractivity contribution in [2.24, 2.45) is 0 Å². The summed E-state index contributed by atoms with van der Waals surface area (Å²) >= 11 is 12.8. The van der Waals surface area contributed by atoms with Crippen LogP contribution in [-0.2, 0) is 0 Å². The van der Waals surface area contributed by atoms with Crippen molar-refractivity contribution in [2.75, 3.05) is 13.6 Å². The molecule has 16 heavy (non-hydrogen) atoms. The number of halogens is 3. The number of rotatable bonds is 3. The van der Waals surface area contributed by atoms with Crippen molar-refractivity contribution >= 4 is 49.4 Å². The lowest BCUT2D eigenvalue weighted by atomic mass is 10.2. The highest BCUT2D eigenvalue weighted by Crippen LogP contribution is 2.26. The van der Waals surface area contributed by atoms with Gasteiger partial charge < -0.3 is 4.90 Å². The number of hydrogen-bond donors (Lipinski definition) is 0. The second kappa shape index (κ2) is 6.03. The molecule has 0 radical (unpaired) electrons. The van der Waals surface area contributed by atoms with Gasteiger partial charge in [-0.15, -0.1) is 0 Å². The fraction of sp³-hybridized carbons (Fsp3) is 0.364. The van der Waals surface area contributed by atoms with Gasteiger partial charge in [-0.25, -0.2) is 0 Å². The van der Waals surface area contributed by atoms with Crippen LogP contribution in [0.25, 0.3) is 0 Å². The number of hydrogen-bond acceptors (Lipinski definition) is 1. The molecule has 0 aromatic heterocycles. The Morgan fingerprint density at radius 1 is 1.56 bits per heavy atom. The molecule has 0 aliphatic rings. The Hall–Kier alpha value is -0.0600. The summed E-state index contributed by atoms with van der Waals surface area (Å²) in [5.74, 6) is -0.0717. The summed E-state index contributed by atoms with van der Waals surface area (Å²) < 4.78 is 0.736. The molecular weight excluding hydrogens is 357 g/mol. The number of carbonyl (C=O) groups is 1. The zero-order valence-electron chi connectivity index (χ0n) is 9.01. The lowest BCUT2D eigenvalue weighted by Crippen LogP contribution is -2.31. The van der Waals surface area contributed by atoms with E-state index in [9.17, 15) is 4.79 Å². The van der Waals surface area contributed by atoms with Crippen LogP contribution in [0, 0.1) is 0 Å². The largest absolute Gasteiger partial charge is 0.341 e. The van der Waals surface area contributed by atoms with Gasteiger partial charge in [0.05, 0.1) is 10.6 Å². The van der Waals surface area contributed by atoms with Crippen LogP contribution in [0.4, 0.5) is 0 Å². The minimum absolute atomic E-state index is 0.0717. The minimum atomic E-state index is -0.0717. The maximum atomic E-state index is 12.1. The third-order valence-electron chi connectivity index (χ3n) is 2.05. The first-order valence-corrected chi connectivity index (χ1v) is 6.85. The van der Waals surface area contributed by atoms with Crippen molar-refractivity contribution in [3.05, 3.63) is 33.3 Å². The summed E-state index contributed by atoms with van der Waals surface area (Å²) in [5, 5.41) is 0.460. The van der Waals surface area contributed by atoms with E-state index in [0.29, 0.717) is 17.1 Å². The highest BCUT2D eigenvalue weighted by atomic mass is 79.9. The quantitative estimate of drug-likeness (QED) is 0.739. The van der Waals surface area contributed by atoms with E-state index in [1.165, 1.54) is 0 Å². The highest BCUT2D eigenvalue weighted by Gasteiger charge is 2.17. The van der Waals surface area contributed by atoms with Crippen LogP contribution in [0.2, 0.25) is 5.02 Å². The fourth-order valence-corrected chi connectivity index (χ4v) is 2.34. The molecule has 2 nitrogen and oxygen atoms in total. The Labute approximate surface area is 117 Å². The standard InChI is InChI=1S/C11H12Br2ClNO/c1-7(12)6-15(2)11(16)8-4-3-5-9(13)10(8)14/h3-5,7H,6H2,1-2H3. The summed E-state index contributed by atoms with van der Waals surface area (Å²) in [7, 11) is 1.76. The Kier molecular flexibility index (Phi) is 5.28. The summed E-state index contributed by atoms with van der Waals surface area (Å²) in [4.78, 5) is 14.0. The Morgan fingerprint density at radius 3 is 2.75 bits per heavy atom. The van der Waals surface area contributed by atoms with E-state index in [2.05, 4.69) is 31.9 Å². The molecule has 0 aliphatic heterocycles. The van der Waals surface area contributed by atoms with Crippen LogP contribution >= 0.6 is 43.5 Å². The van der Waals surface area contributed by atoms with Gasteiger partial charge in [-0.3, -0.25) is 4.79 Å². The second-order valence-corrected chi connectivity index (χ2v) is 6.36. The third kappa shape index (κ3) is 3.47. The Morgan fingerprint density at radius 2 is 2.19 bits per heavy atom. The van der Waals surface area contributed by atoms with Gasteiger partial charge in [0.1, 0.15) is 0 Å². The van der Waals surface area contributed by atoms with Crippen molar-refractivity contribution in [1.82, 2.24) is 4.90 Å². The van der Waals surface area contributed by atoms with E-state index in [0.717, 1.165) is 4.47 Å². The SMILES string of the molecule is CC(Br)CN(C)C(=O)c1cccc(Br)c1Cl. The minimum Gasteiger partial charge on any atom is -0.341 e. The van der Waals surface area contributed by atoms with Crippen molar-refractivity contribution in [3.8, 4) is 0 Å². The number of benzene rings is 1. The molecule has 1 unspecified atom stereocenters. The van der Waals surface area contributed by atoms with E-state index in [4.69, 9.17) is 11.6 Å². The van der Waals surface area contributed by atoms with Gasteiger partial charge in [-0.1, -0.05) is 40.5 Å². The molecule has 0 aliphatic carbocycles. The molecule has 0 spiro atoms. The molecule has 88 valence electrons. The normalized spacial score (nSPS) is 12.3. The molecule has 1 aromatic carbocycles. The van der Waals surface area contributed by atoms with Gasteiger partial charge in [0, 0.05) is 22.9 Å². The summed E-state index contributed by atoms with van der Waals surface area (Å²) in [5.41, 5.74) is 0.520. The van der Waals surface area contributed by atoms with Crippen molar-refractivity contribution < 1.29 is 4.79 Å². The van der Waals surface area contributed by atoms with Gasteiger partial charge in [0.15, 0.2) is 0 Å². The summed E-state index contributed by atoms with van der Waals surface area (Å²) in [6.07, 6.45) is 0. The van der Waals surface area contributed by atoms with Gasteiger partial charge in [-0.05, 0) is 28.1 Å². The van der Waals surface area contributed by atoms with E-state index < -0.39 is 0 Å². The molecule has 0 fully saturated rings. The molecule has 0 N–H and O–H groups in total. The Balaban J connectivity index is 2.92. The molecule has 5 heteroatoms. The van der Waals surface area contributed by atoms with Crippen LogP contribution in [0.15, 0.2) is 22.7 Å². The smallest absolute Gasteiger partial charge is 0.255 e. The average Bonchev–Trinajstić information content (AvgIpc) is 2.20. The van der Waals surface area contributed by atoms with E-state index in [-0.39, 0.29) is 10.7 Å². The van der Waals surface area contributed by atoms with Crippen LogP contribution in [-0.4, -0.2) is 29.2 Å². The Bertz CT molecular complexity index is 396. The number of amides is 1. The van der Waals surface area contributed by atoms with Gasteiger partial charge >= 0.3 is 0 Å². The molecule has 1 amide bonds. The molecule has 0 saturated heterocycles. The van der Waals surface area contributed by atoms with Crippen molar-refractivity contribution in [3.63, 3.8) is 0 Å². The number of alkyl halides is 1. The maximum absolute atomic E-state index is 12.1. The fourth-order valence-electron chi connectivity index (χ4n) is 1.33. The summed E-state index contributed by atoms with van der Waals surface area (Å²) in [6, 6.07) is 5.34. The molecule has 0 bridgehead atoms. The molecule has 1 aromatic rings. The molecule has 1 rings (SSSR count). The lowest BCUT2D eigenvalue weighted by molar-refractivity contribution is 0.0797. The average molecular weight is 369 g/mol. The zero-order valence-corrected chi connectivity index (χ0v) is 12.9. The van der Waals surface area contributed by atoms with Crippen LogP contribution in [0.3, 0.4) is 0 Å². The first-order chi connectivity index (χ1) is 7.43. The van der Waals surface area contributed by atoms with E-state index in [1.54, 1.807) is 24.1 Å². The number of nitrogens with zero attached hydrogens (tertiary/aromatic N) is 1. The first-order valence-electron chi connectivity index (χ1n) is 4.77. The van der Waals surface area contributed by atoms with E-state index >= 15 is 0 Å². The molecular formula is C11H12Br2ClNO. The number of carbonyl (C=O) groups excluding carboxylic acids is 1. The summed E-state index contributed by atoms with van der Waals surface area (Å²) in [6.45, 7) is 2.63. The second-order valence-electron chi connectivity index (χ2n) is 3.57. The van der Waals surface area contributed by atoms with Crippen molar-refractivity contribution in [1.29, 1.82) is 0 Å². The third-order valence-corrected chi connectivity index (χ3v) is 3.64. The van der Waals surface area contributed by atoms with Gasteiger partial charge in [0.25, 0.3) is 5.91 Å². The van der Waals surface area contributed by atoms with Crippen molar-refractivity contribution in [2.45, 2.75) is 11.8 Å². The molecule has 1 atom stereocenters. The molecule has 0 saturated carbocycles. The first kappa shape index (κ1) is 14.0. The van der Waals surface area contributed by atoms with Gasteiger partial charge in [-0.2, -0.15) is 0 Å². The lowest BCUT2D eigenvalue weighted by Gasteiger charge is -2.19. The monoisotopic (exact) mass is 367 g/mol. The predicted octanol–water partition coefficient (Wildman–Crippen LogP) is 3.96. The van der Waals surface area contributed by atoms with Crippen LogP contribution in [0.1, 0.15) is 17.3 Å². The van der Waals surface area contributed by atoms with Crippen LogP contribution in [0.5, 0.6) is 0 Å². The molecule has 0 heterocycles. The predicted molar refractivity (Wildman–Crippen MR) is 74.5 cm³/mol. The van der Waals surface area contributed by atoms with Gasteiger partial charge in [0.2, 0.25) is 0 Å². The van der Waals surface area contributed by atoms with E-state index in [1.807, 2.05) is 13.0 Å². The zero-order chi connectivity index (χ0) is 12.3.